The van der Waals surface area contributed by atoms with Crippen LogP contribution in [0.1, 0.15) is 44.1 Å². The molecular weight excluding hydrogens is 434 g/mol. The summed E-state index contributed by atoms with van der Waals surface area (Å²) in [6, 6.07) is 3.71. The summed E-state index contributed by atoms with van der Waals surface area (Å²) in [5.74, 6) is 1.11. The van der Waals surface area contributed by atoms with E-state index in [1.54, 1.807) is 23.4 Å². The molecule has 10 heteroatoms. The van der Waals surface area contributed by atoms with E-state index in [0.29, 0.717) is 37.2 Å². The number of rotatable bonds is 7. The lowest BCUT2D eigenvalue weighted by Gasteiger charge is -2.30. The molecule has 0 saturated heterocycles. The molecule has 1 fully saturated rings. The number of nitrogens with one attached hydrogen (secondary N) is 2. The molecule has 182 valence electrons. The molecule has 0 aromatic carbocycles. The van der Waals surface area contributed by atoms with E-state index in [4.69, 9.17) is 9.72 Å². The van der Waals surface area contributed by atoms with Gasteiger partial charge in [-0.3, -0.25) is 14.5 Å². The predicted octanol–water partition coefficient (Wildman–Crippen LogP) is 2.28. The molecule has 1 aliphatic heterocycles. The van der Waals surface area contributed by atoms with Crippen molar-refractivity contribution in [3.05, 3.63) is 30.1 Å². The van der Waals surface area contributed by atoms with Gasteiger partial charge in [0.1, 0.15) is 18.8 Å². The number of nitrogens with zero attached hydrogens (tertiary/aromatic N) is 5. The second-order valence-electron chi connectivity index (χ2n) is 9.04. The van der Waals surface area contributed by atoms with Crippen molar-refractivity contribution in [2.24, 2.45) is 0 Å². The highest BCUT2D eigenvalue weighted by Gasteiger charge is 2.32. The maximum Gasteiger partial charge on any atom is 0.237 e. The van der Waals surface area contributed by atoms with Crippen molar-refractivity contribution in [2.75, 3.05) is 44.0 Å². The number of anilines is 3. The van der Waals surface area contributed by atoms with Gasteiger partial charge in [-0.1, -0.05) is 12.8 Å². The van der Waals surface area contributed by atoms with Gasteiger partial charge in [0.2, 0.25) is 23.6 Å². The van der Waals surface area contributed by atoms with Crippen molar-refractivity contribution in [1.82, 2.24) is 25.2 Å². The van der Waals surface area contributed by atoms with Gasteiger partial charge in [-0.05, 0) is 45.8 Å². The summed E-state index contributed by atoms with van der Waals surface area (Å²) in [7, 11) is 3.98. The van der Waals surface area contributed by atoms with Crippen LogP contribution in [-0.2, 0) is 16.0 Å². The predicted molar refractivity (Wildman–Crippen MR) is 129 cm³/mol. The Morgan fingerprint density at radius 1 is 1.15 bits per heavy atom. The highest BCUT2D eigenvalue weighted by molar-refractivity contribution is 6.05. The zero-order valence-corrected chi connectivity index (χ0v) is 19.9. The van der Waals surface area contributed by atoms with E-state index in [2.05, 4.69) is 20.6 Å². The van der Waals surface area contributed by atoms with Crippen LogP contribution < -0.4 is 20.3 Å². The van der Waals surface area contributed by atoms with Gasteiger partial charge in [0, 0.05) is 37.0 Å². The van der Waals surface area contributed by atoms with Crippen LogP contribution in [0.25, 0.3) is 0 Å². The van der Waals surface area contributed by atoms with Crippen molar-refractivity contribution >= 4 is 29.3 Å². The zero-order valence-electron chi connectivity index (χ0n) is 19.9. The first-order valence-corrected chi connectivity index (χ1v) is 11.9. The standard InChI is InChI=1S/C24H33N7O3/c1-30(2)12-13-34-21-10-9-18(16-26-21)28-24-27-15-17-6-5-11-25-20(32)14-22(33)31(23(17)29-24)19-7-3-4-8-19/h9-10,15-16,19H,3-8,11-14H2,1-2H3,(H,25,32)(H,27,28,29). The van der Waals surface area contributed by atoms with Crippen molar-refractivity contribution in [1.29, 1.82) is 0 Å². The van der Waals surface area contributed by atoms with Gasteiger partial charge < -0.3 is 20.3 Å². The molecule has 1 saturated carbocycles. The number of carbonyl (C=O) groups is 2. The van der Waals surface area contributed by atoms with Crippen LogP contribution in [0.3, 0.4) is 0 Å². The minimum atomic E-state index is -0.234. The van der Waals surface area contributed by atoms with E-state index in [1.807, 2.05) is 25.1 Å². The van der Waals surface area contributed by atoms with Crippen LogP contribution in [0.4, 0.5) is 17.5 Å². The first kappa shape index (κ1) is 23.9. The molecule has 2 aliphatic rings. The van der Waals surface area contributed by atoms with Crippen LogP contribution in [0.15, 0.2) is 24.5 Å². The number of aromatic nitrogens is 3. The third-order valence-corrected chi connectivity index (χ3v) is 6.07. The molecule has 1 aliphatic carbocycles. The normalized spacial score (nSPS) is 17.4. The lowest BCUT2D eigenvalue weighted by molar-refractivity contribution is -0.128. The summed E-state index contributed by atoms with van der Waals surface area (Å²) < 4.78 is 5.65. The molecule has 0 bridgehead atoms. The number of amides is 2. The van der Waals surface area contributed by atoms with Gasteiger partial charge in [-0.25, -0.2) is 9.97 Å². The Balaban J connectivity index is 1.55. The van der Waals surface area contributed by atoms with Crippen LogP contribution in [-0.4, -0.2) is 71.5 Å². The second-order valence-corrected chi connectivity index (χ2v) is 9.04. The molecule has 0 spiro atoms. The molecule has 2 aromatic rings. The van der Waals surface area contributed by atoms with Gasteiger partial charge in [0.05, 0.1) is 11.9 Å². The number of hydrogen-bond acceptors (Lipinski definition) is 8. The van der Waals surface area contributed by atoms with Crippen molar-refractivity contribution in [3.63, 3.8) is 0 Å². The number of hydrogen-bond donors (Lipinski definition) is 2. The maximum atomic E-state index is 13.2. The first-order valence-electron chi connectivity index (χ1n) is 11.9. The van der Waals surface area contributed by atoms with Gasteiger partial charge in [0.25, 0.3) is 0 Å². The quantitative estimate of drug-likeness (QED) is 0.597. The molecule has 2 amide bonds. The van der Waals surface area contributed by atoms with E-state index in [0.717, 1.165) is 49.9 Å². The first-order chi connectivity index (χ1) is 16.5. The molecule has 2 N–H and O–H groups in total. The average molecular weight is 468 g/mol. The van der Waals surface area contributed by atoms with Gasteiger partial charge in [0.15, 0.2) is 0 Å². The number of carbonyl (C=O) groups excluding carboxylic acids is 2. The monoisotopic (exact) mass is 467 g/mol. The molecule has 2 aromatic heterocycles. The summed E-state index contributed by atoms with van der Waals surface area (Å²) in [5, 5.41) is 6.02. The molecule has 0 radical (unpaired) electrons. The summed E-state index contributed by atoms with van der Waals surface area (Å²) in [4.78, 5) is 42.8. The van der Waals surface area contributed by atoms with Crippen molar-refractivity contribution < 1.29 is 14.3 Å². The smallest absolute Gasteiger partial charge is 0.237 e. The Morgan fingerprint density at radius 2 is 1.97 bits per heavy atom. The van der Waals surface area contributed by atoms with Crippen LogP contribution in [0, 0.1) is 0 Å². The fourth-order valence-corrected chi connectivity index (χ4v) is 4.29. The minimum Gasteiger partial charge on any atom is -0.476 e. The molecular formula is C24H33N7O3. The number of pyridine rings is 1. The maximum absolute atomic E-state index is 13.2. The summed E-state index contributed by atoms with van der Waals surface area (Å²) >= 11 is 0. The Labute approximate surface area is 200 Å². The summed E-state index contributed by atoms with van der Waals surface area (Å²) in [5.41, 5.74) is 1.64. The SMILES string of the molecule is CN(C)CCOc1ccc(Nc2ncc3c(n2)N(C2CCCC2)C(=O)CC(=O)NCCC3)cn1. The fourth-order valence-electron chi connectivity index (χ4n) is 4.29. The largest absolute Gasteiger partial charge is 0.476 e. The van der Waals surface area contributed by atoms with E-state index in [1.165, 1.54) is 0 Å². The van der Waals surface area contributed by atoms with E-state index in [9.17, 15) is 9.59 Å². The molecule has 3 heterocycles. The highest BCUT2D eigenvalue weighted by atomic mass is 16.5. The Bertz CT molecular complexity index is 991. The van der Waals surface area contributed by atoms with Crippen molar-refractivity contribution in [3.8, 4) is 5.88 Å². The number of aryl methyl sites for hydroxylation is 1. The van der Waals surface area contributed by atoms with Crippen molar-refractivity contribution in [2.45, 2.75) is 51.0 Å². The van der Waals surface area contributed by atoms with Crippen LogP contribution >= 0.6 is 0 Å². The van der Waals surface area contributed by atoms with E-state index >= 15 is 0 Å². The van der Waals surface area contributed by atoms with Crippen LogP contribution in [0.2, 0.25) is 0 Å². The third-order valence-electron chi connectivity index (χ3n) is 6.07. The average Bonchev–Trinajstić information content (AvgIpc) is 3.33. The summed E-state index contributed by atoms with van der Waals surface area (Å²) in [6.07, 6.45) is 8.72. The Kier molecular flexibility index (Phi) is 7.89. The second kappa shape index (κ2) is 11.2. The van der Waals surface area contributed by atoms with Gasteiger partial charge in [-0.15, -0.1) is 0 Å². The topological polar surface area (TPSA) is 113 Å². The third kappa shape index (κ3) is 6.19. The molecule has 0 unspecified atom stereocenters. The highest BCUT2D eigenvalue weighted by Crippen LogP contribution is 2.31. The minimum absolute atomic E-state index is 0.0569. The molecule has 4 rings (SSSR count). The number of fused-ring (bicyclic) bond motifs is 1. The van der Waals surface area contributed by atoms with E-state index in [-0.39, 0.29) is 24.3 Å². The number of likely N-dealkylation sites (N-methyl/N-ethyl adjacent to an activating group) is 1. The number of ether oxygens (including phenoxy) is 1. The van der Waals surface area contributed by atoms with Crippen LogP contribution in [0.5, 0.6) is 5.88 Å². The fraction of sp³-hybridized carbons (Fsp3) is 0.542. The van der Waals surface area contributed by atoms with Gasteiger partial charge in [-0.2, -0.15) is 4.98 Å². The van der Waals surface area contributed by atoms with Gasteiger partial charge >= 0.3 is 0 Å². The Morgan fingerprint density at radius 3 is 2.71 bits per heavy atom. The summed E-state index contributed by atoms with van der Waals surface area (Å²) in [6.45, 7) is 1.90. The molecule has 34 heavy (non-hydrogen) atoms. The Hall–Kier alpha value is -3.27. The lowest BCUT2D eigenvalue weighted by Crippen LogP contribution is -2.43. The molecule has 10 nitrogen and oxygen atoms in total. The zero-order chi connectivity index (χ0) is 23.9. The lowest BCUT2D eigenvalue weighted by atomic mass is 10.1. The molecule has 0 atom stereocenters. The van der Waals surface area contributed by atoms with E-state index < -0.39 is 0 Å².